The van der Waals surface area contributed by atoms with Crippen LogP contribution in [-0.4, -0.2) is 110 Å². The molecular weight excluding hydrogens is 833 g/mol. The lowest BCUT2D eigenvalue weighted by molar-refractivity contribution is -0.143. The molecule has 0 bridgehead atoms. The predicted molar refractivity (Wildman–Crippen MR) is 231 cm³/mol. The average Bonchev–Trinajstić information content (AvgIpc) is 3.47. The maximum absolute atomic E-state index is 13.4. The summed E-state index contributed by atoms with van der Waals surface area (Å²) >= 11 is 0. The van der Waals surface area contributed by atoms with Crippen molar-refractivity contribution < 1.29 is 47.8 Å². The number of hydrogen-bond acceptors (Lipinski definition) is 16. The Morgan fingerprint density at radius 2 is 1.58 bits per heavy atom. The number of nitrogens with one attached hydrogen (secondary N) is 4. The lowest BCUT2D eigenvalue weighted by Gasteiger charge is -2.26. The van der Waals surface area contributed by atoms with E-state index in [1.807, 2.05) is 0 Å². The summed E-state index contributed by atoms with van der Waals surface area (Å²) in [5, 5.41) is 10.4. The van der Waals surface area contributed by atoms with Crippen molar-refractivity contribution in [2.24, 2.45) is 5.92 Å². The molecule has 22 heteroatoms. The minimum Gasteiger partial charge on any atom is -0.467 e. The summed E-state index contributed by atoms with van der Waals surface area (Å²) in [7, 11) is 1.16. The van der Waals surface area contributed by atoms with E-state index in [-0.39, 0.29) is 77.2 Å². The Bertz CT molecular complexity index is 2470. The Morgan fingerprint density at radius 3 is 2.22 bits per heavy atom. The highest BCUT2D eigenvalue weighted by Gasteiger charge is 2.36. The number of carbonyl (C=O) groups is 8. The van der Waals surface area contributed by atoms with Crippen molar-refractivity contribution in [3.63, 3.8) is 0 Å². The Balaban J connectivity index is 1.15. The van der Waals surface area contributed by atoms with Crippen molar-refractivity contribution in [2.45, 2.75) is 84.7 Å². The highest BCUT2D eigenvalue weighted by atomic mass is 16.6. The van der Waals surface area contributed by atoms with E-state index in [4.69, 9.17) is 20.9 Å². The number of imide groups is 1. The van der Waals surface area contributed by atoms with Crippen molar-refractivity contribution in [1.82, 2.24) is 40.8 Å². The van der Waals surface area contributed by atoms with E-state index in [2.05, 4.69) is 41.2 Å². The largest absolute Gasteiger partial charge is 0.467 e. The van der Waals surface area contributed by atoms with Crippen LogP contribution < -0.4 is 37.6 Å². The van der Waals surface area contributed by atoms with Crippen LogP contribution in [-0.2, 0) is 35.2 Å². The van der Waals surface area contributed by atoms with Crippen LogP contribution in [0.2, 0.25) is 0 Å². The van der Waals surface area contributed by atoms with Crippen molar-refractivity contribution in [3.05, 3.63) is 71.0 Å². The van der Waals surface area contributed by atoms with Gasteiger partial charge in [-0.25, -0.2) is 19.6 Å². The van der Waals surface area contributed by atoms with Gasteiger partial charge in [0.15, 0.2) is 17.0 Å². The van der Waals surface area contributed by atoms with Crippen molar-refractivity contribution >= 4 is 82.3 Å². The van der Waals surface area contributed by atoms with Crippen LogP contribution in [0.4, 0.5) is 27.9 Å². The number of ether oxygens (including phenoxy) is 2. The van der Waals surface area contributed by atoms with Gasteiger partial charge in [-0.15, -0.1) is 0 Å². The molecule has 22 nitrogen and oxygen atoms in total. The molecule has 5 rings (SSSR count). The smallest absolute Gasteiger partial charge is 0.408 e. The summed E-state index contributed by atoms with van der Waals surface area (Å²) in [5.74, 6) is -4.21. The SMILES string of the molecule is COC(=O)[C@H](CCCN1C(=O)c2ccc(NC(=O)[C@H](C)NC(=O)[C@@H](NC(=O)OC(C)(C)C)C(C)C)cc2C1=O)NC(=O)c1ccc(N(C=O)Cc2cnc3nc(N)nc(N)c3n2)cc1. The minimum absolute atomic E-state index is 0.00454. The van der Waals surface area contributed by atoms with Crippen molar-refractivity contribution in [3.8, 4) is 0 Å². The first-order valence-electron chi connectivity index (χ1n) is 20.1. The van der Waals surface area contributed by atoms with Gasteiger partial charge in [-0.1, -0.05) is 13.8 Å². The molecular formula is C42H50N12O10. The molecule has 8 N–H and O–H groups in total. The number of esters is 1. The van der Waals surface area contributed by atoms with Gasteiger partial charge in [0, 0.05) is 23.5 Å². The maximum Gasteiger partial charge on any atom is 0.408 e. The van der Waals surface area contributed by atoms with Crippen molar-refractivity contribution in [1.29, 1.82) is 0 Å². The number of aromatic nitrogens is 4. The fourth-order valence-electron chi connectivity index (χ4n) is 6.47. The van der Waals surface area contributed by atoms with Crippen LogP contribution in [0.5, 0.6) is 0 Å². The highest BCUT2D eigenvalue weighted by molar-refractivity contribution is 6.22. The summed E-state index contributed by atoms with van der Waals surface area (Å²) in [6.07, 6.45) is 1.30. The van der Waals surface area contributed by atoms with Crippen LogP contribution in [0.15, 0.2) is 48.7 Å². The molecule has 2 aromatic carbocycles. The second-order valence-corrected chi connectivity index (χ2v) is 16.1. The molecule has 0 aliphatic carbocycles. The molecule has 0 radical (unpaired) electrons. The Morgan fingerprint density at radius 1 is 0.891 bits per heavy atom. The first kappa shape index (κ1) is 47.3. The summed E-state index contributed by atoms with van der Waals surface area (Å²) in [4.78, 5) is 122. The van der Waals surface area contributed by atoms with Gasteiger partial charge in [0.1, 0.15) is 23.7 Å². The molecule has 0 spiro atoms. The number of carbonyl (C=O) groups excluding carboxylic acids is 8. The fourth-order valence-corrected chi connectivity index (χ4v) is 6.47. The van der Waals surface area contributed by atoms with Gasteiger partial charge in [-0.2, -0.15) is 9.97 Å². The van der Waals surface area contributed by atoms with Crippen LogP contribution in [0.3, 0.4) is 0 Å². The van der Waals surface area contributed by atoms with Gasteiger partial charge < -0.3 is 47.1 Å². The van der Waals surface area contributed by atoms with E-state index in [9.17, 15) is 38.4 Å². The Labute approximate surface area is 367 Å². The predicted octanol–water partition coefficient (Wildman–Crippen LogP) is 2.09. The third-order valence-corrected chi connectivity index (χ3v) is 9.70. The first-order valence-corrected chi connectivity index (χ1v) is 20.1. The molecule has 0 saturated carbocycles. The molecule has 2 aromatic heterocycles. The first-order chi connectivity index (χ1) is 30.2. The zero-order valence-corrected chi connectivity index (χ0v) is 36.3. The lowest BCUT2D eigenvalue weighted by atomic mass is 10.0. The number of fused-ring (bicyclic) bond motifs is 2. The van der Waals surface area contributed by atoms with E-state index < -0.39 is 65.3 Å². The maximum atomic E-state index is 13.4. The van der Waals surface area contributed by atoms with E-state index in [1.165, 1.54) is 60.5 Å². The molecule has 4 aromatic rings. The highest BCUT2D eigenvalue weighted by Crippen LogP contribution is 2.27. The number of benzene rings is 2. The number of anilines is 4. The molecule has 0 saturated heterocycles. The fraction of sp³-hybridized carbons (Fsp3) is 0.381. The number of hydrogen-bond donors (Lipinski definition) is 6. The monoisotopic (exact) mass is 882 g/mol. The van der Waals surface area contributed by atoms with E-state index in [0.29, 0.717) is 17.8 Å². The van der Waals surface area contributed by atoms with Gasteiger partial charge >= 0.3 is 12.1 Å². The van der Waals surface area contributed by atoms with Gasteiger partial charge in [0.25, 0.3) is 17.7 Å². The van der Waals surface area contributed by atoms with Crippen LogP contribution >= 0.6 is 0 Å². The number of nitrogens with zero attached hydrogens (tertiary/aromatic N) is 6. The zero-order valence-electron chi connectivity index (χ0n) is 36.3. The minimum atomic E-state index is -1.15. The number of amides is 7. The van der Waals surface area contributed by atoms with Crippen LogP contribution in [0.1, 0.15) is 91.2 Å². The average molecular weight is 883 g/mol. The van der Waals surface area contributed by atoms with Crippen molar-refractivity contribution in [2.75, 3.05) is 35.3 Å². The third kappa shape index (κ3) is 11.6. The summed E-state index contributed by atoms with van der Waals surface area (Å²) in [6.45, 7) is 9.84. The molecule has 1 aliphatic rings. The molecule has 3 heterocycles. The normalized spacial score (nSPS) is 13.7. The van der Waals surface area contributed by atoms with Gasteiger partial charge in [-0.3, -0.25) is 33.7 Å². The molecule has 3 atom stereocenters. The number of alkyl carbamates (subject to hydrolysis) is 1. The summed E-state index contributed by atoms with van der Waals surface area (Å²) < 4.78 is 10.2. The summed E-state index contributed by atoms with van der Waals surface area (Å²) in [6, 6.07) is 6.94. The third-order valence-electron chi connectivity index (χ3n) is 9.70. The Hall–Kier alpha value is -7.78. The van der Waals surface area contributed by atoms with Gasteiger partial charge in [0.05, 0.1) is 36.7 Å². The summed E-state index contributed by atoms with van der Waals surface area (Å²) in [5.41, 5.74) is 12.4. The second-order valence-electron chi connectivity index (χ2n) is 16.1. The number of methoxy groups -OCH3 is 1. The van der Waals surface area contributed by atoms with Gasteiger partial charge in [-0.05, 0) is 88.9 Å². The quantitative estimate of drug-likeness (QED) is 0.0502. The topological polar surface area (TPSA) is 313 Å². The Kier molecular flexibility index (Phi) is 14.7. The standard InChI is InChI=1S/C42H50N12O10/c1-21(2)30(50-41(62)64-42(4,5)6)36(58)46-22(3)34(56)48-24-12-15-27-28(17-24)38(60)54(37(27)59)16-8-9-29(39(61)63-7)49-35(57)23-10-13-26(14-11-23)53(20-55)19-25-18-45-33-31(47-25)32(43)51-40(44)52-33/h10-15,17-18,20-22,29-30H,8-9,16,19H2,1-7H3,(H,46,58)(H,48,56)(H,49,57)(H,50,62)(H4,43,44,45,51,52)/t22-,29-,30-/m0/s1. The number of rotatable bonds is 17. The van der Waals surface area contributed by atoms with E-state index in [0.717, 1.165) is 12.0 Å². The van der Waals surface area contributed by atoms with Crippen LogP contribution in [0, 0.1) is 5.92 Å². The molecule has 0 unspecified atom stereocenters. The second kappa shape index (κ2) is 19.9. The molecule has 7 amide bonds. The number of nitrogens with two attached hydrogens (primary N) is 2. The van der Waals surface area contributed by atoms with Gasteiger partial charge in [0.2, 0.25) is 24.2 Å². The molecule has 64 heavy (non-hydrogen) atoms. The van der Waals surface area contributed by atoms with E-state index >= 15 is 0 Å². The molecule has 338 valence electrons. The van der Waals surface area contributed by atoms with Crippen LogP contribution in [0.25, 0.3) is 11.2 Å². The molecule has 0 fully saturated rings. The molecule has 1 aliphatic heterocycles. The number of nitrogen functional groups attached to an aromatic ring is 2. The zero-order chi connectivity index (χ0) is 47.0. The lowest BCUT2D eigenvalue weighted by Crippen LogP contribution is -2.54. The van der Waals surface area contributed by atoms with E-state index in [1.54, 1.807) is 34.6 Å².